The van der Waals surface area contributed by atoms with Crippen molar-refractivity contribution in [2.75, 3.05) is 0 Å². The minimum absolute atomic E-state index is 0.350. The van der Waals surface area contributed by atoms with Crippen molar-refractivity contribution in [3.63, 3.8) is 0 Å². The highest BCUT2D eigenvalue weighted by Crippen LogP contribution is 2.31. The summed E-state index contributed by atoms with van der Waals surface area (Å²) in [5.41, 5.74) is 5.63. The second-order valence-corrected chi connectivity index (χ2v) is 5.62. The van der Waals surface area contributed by atoms with Gasteiger partial charge in [-0.25, -0.2) is 0 Å². The number of benzene rings is 1. The van der Waals surface area contributed by atoms with Crippen molar-refractivity contribution in [1.82, 2.24) is 9.97 Å². The smallest absolute Gasteiger partial charge is 0.0926 e. The van der Waals surface area contributed by atoms with E-state index in [0.717, 1.165) is 33.8 Å². The van der Waals surface area contributed by atoms with Crippen LogP contribution in [-0.2, 0) is 0 Å². The highest BCUT2D eigenvalue weighted by atomic mass is 16.3. The van der Waals surface area contributed by atoms with Crippen LogP contribution in [0, 0.1) is 6.92 Å². The van der Waals surface area contributed by atoms with Crippen molar-refractivity contribution in [2.45, 2.75) is 20.3 Å². The zero-order valence-electron chi connectivity index (χ0n) is 13.9. The predicted molar refractivity (Wildman–Crippen MR) is 98.5 cm³/mol. The number of aryl methyl sites for hydroxylation is 1. The summed E-state index contributed by atoms with van der Waals surface area (Å²) in [6, 6.07) is 18.0. The van der Waals surface area contributed by atoms with Crippen molar-refractivity contribution in [3.8, 4) is 22.5 Å². The first kappa shape index (κ1) is 15.9. The molecule has 2 heterocycles. The second kappa shape index (κ2) is 7.09. The van der Waals surface area contributed by atoms with Crippen LogP contribution in [0.4, 0.5) is 0 Å². The number of nitrogens with zero attached hydrogens (tertiary/aromatic N) is 2. The van der Waals surface area contributed by atoms with Crippen molar-refractivity contribution in [3.05, 3.63) is 77.8 Å². The summed E-state index contributed by atoms with van der Waals surface area (Å²) >= 11 is 0. The Labute approximate surface area is 142 Å². The Bertz CT molecular complexity index is 856. The Balaban J connectivity index is 2.23. The molecule has 3 nitrogen and oxygen atoms in total. The van der Waals surface area contributed by atoms with Gasteiger partial charge in [0, 0.05) is 23.9 Å². The lowest BCUT2D eigenvalue weighted by molar-refractivity contribution is 0.400. The molecule has 0 fully saturated rings. The molecule has 0 spiro atoms. The van der Waals surface area contributed by atoms with Gasteiger partial charge in [-0.05, 0) is 42.3 Å². The lowest BCUT2D eigenvalue weighted by atomic mass is 9.96. The van der Waals surface area contributed by atoms with Gasteiger partial charge in [0.05, 0.1) is 17.1 Å². The monoisotopic (exact) mass is 316 g/mol. The topological polar surface area (TPSA) is 46.0 Å². The molecule has 120 valence electrons. The second-order valence-electron chi connectivity index (χ2n) is 5.62. The van der Waals surface area contributed by atoms with Crippen molar-refractivity contribution < 1.29 is 5.11 Å². The number of hydrogen-bond acceptors (Lipinski definition) is 3. The Kier molecular flexibility index (Phi) is 4.71. The average molecular weight is 316 g/mol. The molecule has 24 heavy (non-hydrogen) atoms. The van der Waals surface area contributed by atoms with E-state index in [9.17, 15) is 5.11 Å². The van der Waals surface area contributed by atoms with E-state index in [-0.39, 0.29) is 0 Å². The van der Waals surface area contributed by atoms with E-state index in [4.69, 9.17) is 4.98 Å². The third-order valence-corrected chi connectivity index (χ3v) is 3.93. The molecule has 0 aliphatic heterocycles. The van der Waals surface area contributed by atoms with Gasteiger partial charge in [0.1, 0.15) is 0 Å². The Hall–Kier alpha value is -2.94. The fourth-order valence-electron chi connectivity index (χ4n) is 2.64. The molecule has 0 aliphatic carbocycles. The molecular weight excluding hydrogens is 296 g/mol. The van der Waals surface area contributed by atoms with Crippen LogP contribution in [0.15, 0.2) is 66.6 Å². The van der Waals surface area contributed by atoms with E-state index in [0.29, 0.717) is 12.2 Å². The van der Waals surface area contributed by atoms with Crippen LogP contribution in [0.1, 0.15) is 24.6 Å². The number of aromatic nitrogens is 2. The quantitative estimate of drug-likeness (QED) is 0.653. The molecule has 3 rings (SSSR count). The fourth-order valence-corrected chi connectivity index (χ4v) is 2.64. The number of aliphatic hydroxyl groups excluding tert-OH is 1. The minimum Gasteiger partial charge on any atom is -0.512 e. The molecule has 0 amide bonds. The van der Waals surface area contributed by atoms with Gasteiger partial charge in [-0.1, -0.05) is 43.3 Å². The van der Waals surface area contributed by atoms with Crippen LogP contribution in [0.3, 0.4) is 0 Å². The Morgan fingerprint density at radius 1 is 1.04 bits per heavy atom. The van der Waals surface area contributed by atoms with Gasteiger partial charge in [-0.2, -0.15) is 0 Å². The first-order chi connectivity index (χ1) is 11.7. The third-order valence-electron chi connectivity index (χ3n) is 3.93. The Morgan fingerprint density at radius 3 is 2.46 bits per heavy atom. The van der Waals surface area contributed by atoms with Crippen LogP contribution in [-0.4, -0.2) is 15.1 Å². The maximum atomic E-state index is 10.0. The highest BCUT2D eigenvalue weighted by molar-refractivity contribution is 5.80. The molecule has 0 aliphatic rings. The molecule has 0 atom stereocenters. The van der Waals surface area contributed by atoms with Crippen LogP contribution in [0.25, 0.3) is 28.6 Å². The maximum absolute atomic E-state index is 10.0. The summed E-state index contributed by atoms with van der Waals surface area (Å²) in [6.07, 6.45) is 4.17. The van der Waals surface area contributed by atoms with Gasteiger partial charge in [-0.15, -0.1) is 0 Å². The van der Waals surface area contributed by atoms with Gasteiger partial charge in [0.25, 0.3) is 0 Å². The molecule has 1 N–H and O–H groups in total. The van der Waals surface area contributed by atoms with Gasteiger partial charge in [0.2, 0.25) is 0 Å². The molecule has 2 aromatic heterocycles. The largest absolute Gasteiger partial charge is 0.512 e. The van der Waals surface area contributed by atoms with Crippen LogP contribution in [0.2, 0.25) is 0 Å². The van der Waals surface area contributed by atoms with Crippen LogP contribution in [0.5, 0.6) is 0 Å². The van der Waals surface area contributed by atoms with E-state index in [2.05, 4.69) is 17.1 Å². The van der Waals surface area contributed by atoms with Gasteiger partial charge >= 0.3 is 0 Å². The molecule has 0 unspecified atom stereocenters. The van der Waals surface area contributed by atoms with E-state index >= 15 is 0 Å². The summed E-state index contributed by atoms with van der Waals surface area (Å²) < 4.78 is 0. The number of hydrogen-bond donors (Lipinski definition) is 1. The molecule has 3 aromatic rings. The van der Waals surface area contributed by atoms with E-state index in [1.165, 1.54) is 0 Å². The fraction of sp³-hybridized carbons (Fsp3) is 0.143. The minimum atomic E-state index is 0.350. The zero-order chi connectivity index (χ0) is 16.9. The molecule has 1 aromatic carbocycles. The van der Waals surface area contributed by atoms with Gasteiger partial charge in [0.15, 0.2) is 0 Å². The van der Waals surface area contributed by atoms with Crippen molar-refractivity contribution in [1.29, 1.82) is 0 Å². The Morgan fingerprint density at radius 2 is 1.79 bits per heavy atom. The first-order valence-corrected chi connectivity index (χ1v) is 8.07. The van der Waals surface area contributed by atoms with Gasteiger partial charge in [-0.3, -0.25) is 9.97 Å². The molecule has 0 saturated carbocycles. The predicted octanol–water partition coefficient (Wildman–Crippen LogP) is 5.43. The van der Waals surface area contributed by atoms with Crippen LogP contribution < -0.4 is 0 Å². The summed E-state index contributed by atoms with van der Waals surface area (Å²) in [7, 11) is 0. The van der Waals surface area contributed by atoms with Crippen molar-refractivity contribution in [2.24, 2.45) is 0 Å². The maximum Gasteiger partial charge on any atom is 0.0926 e. The number of allylic oxidation sites excluding steroid dienone is 1. The average Bonchev–Trinajstić information content (AvgIpc) is 2.64. The lowest BCUT2D eigenvalue weighted by Crippen LogP contribution is -1.97. The van der Waals surface area contributed by atoms with Gasteiger partial charge < -0.3 is 5.11 Å². The summed E-state index contributed by atoms with van der Waals surface area (Å²) in [4.78, 5) is 9.10. The summed E-state index contributed by atoms with van der Waals surface area (Å²) in [5.74, 6) is 0.350. The number of aliphatic hydroxyl groups is 1. The normalized spacial score (nSPS) is 11.5. The van der Waals surface area contributed by atoms with Crippen molar-refractivity contribution >= 4 is 6.08 Å². The molecule has 0 radical (unpaired) electrons. The summed E-state index contributed by atoms with van der Waals surface area (Å²) in [5, 5.41) is 10.0. The highest BCUT2D eigenvalue weighted by Gasteiger charge is 2.12. The van der Waals surface area contributed by atoms with E-state index < -0.39 is 0 Å². The molecule has 0 saturated heterocycles. The number of pyridine rings is 2. The van der Waals surface area contributed by atoms with E-state index in [1.807, 2.05) is 62.4 Å². The standard InChI is InChI=1S/C21H20N2O/c1-3-17(24)13-18-15(2)23-21(20-11-7-8-12-22-20)14-19(18)16-9-5-4-6-10-16/h4-14,24H,3H2,1-2H3/b17-13+. The summed E-state index contributed by atoms with van der Waals surface area (Å²) in [6.45, 7) is 3.90. The van der Waals surface area contributed by atoms with Crippen LogP contribution >= 0.6 is 0 Å². The molecule has 0 bridgehead atoms. The zero-order valence-corrected chi connectivity index (χ0v) is 13.9. The molecule has 3 heteroatoms. The first-order valence-electron chi connectivity index (χ1n) is 8.07. The number of rotatable bonds is 4. The lowest BCUT2D eigenvalue weighted by Gasteiger charge is -2.13. The SMILES string of the molecule is CC/C(O)=C\c1c(-c2ccccc2)cc(-c2ccccn2)nc1C. The molecular formula is C21H20N2O. The van der Waals surface area contributed by atoms with E-state index in [1.54, 1.807) is 6.20 Å². The third kappa shape index (κ3) is 3.35.